The van der Waals surface area contributed by atoms with Crippen LogP contribution in [0.1, 0.15) is 0 Å². The van der Waals surface area contributed by atoms with Crippen molar-refractivity contribution in [3.8, 4) is 5.75 Å². The Morgan fingerprint density at radius 3 is 3.00 bits per heavy atom. The lowest BCUT2D eigenvalue weighted by Gasteiger charge is -2.04. The molecule has 2 rings (SSSR count). The predicted octanol–water partition coefficient (Wildman–Crippen LogP) is 2.91. The predicted molar refractivity (Wildman–Crippen MR) is 59.7 cm³/mol. The van der Waals surface area contributed by atoms with Crippen molar-refractivity contribution in [2.45, 2.75) is 4.90 Å². The zero-order valence-electron chi connectivity index (χ0n) is 7.07. The Morgan fingerprint density at radius 1 is 1.54 bits per heavy atom. The standard InChI is InChI=1S/C9H9NOS2/c1-12-9-5-2-3-13-8(5)6(10)4-7(9)11/h2-4,11H,10H2,1H3. The Balaban J connectivity index is 2.88. The third-order valence-electron chi connectivity index (χ3n) is 1.90. The average molecular weight is 211 g/mol. The monoisotopic (exact) mass is 211 g/mol. The quantitative estimate of drug-likeness (QED) is 0.563. The molecule has 0 aliphatic heterocycles. The molecule has 13 heavy (non-hydrogen) atoms. The van der Waals surface area contributed by atoms with Crippen molar-refractivity contribution in [1.82, 2.24) is 0 Å². The number of thioether (sulfide) groups is 1. The smallest absolute Gasteiger partial charge is 0.131 e. The first kappa shape index (κ1) is 8.72. The number of aromatic hydroxyl groups is 1. The number of rotatable bonds is 1. The van der Waals surface area contributed by atoms with Crippen molar-refractivity contribution in [3.05, 3.63) is 17.5 Å². The molecule has 1 aromatic carbocycles. The van der Waals surface area contributed by atoms with Gasteiger partial charge >= 0.3 is 0 Å². The van der Waals surface area contributed by atoms with Gasteiger partial charge in [-0.05, 0) is 17.7 Å². The van der Waals surface area contributed by atoms with Gasteiger partial charge in [0.25, 0.3) is 0 Å². The molecule has 0 atom stereocenters. The first-order chi connectivity index (χ1) is 6.24. The maximum atomic E-state index is 9.61. The molecular formula is C9H9NOS2. The molecular weight excluding hydrogens is 202 g/mol. The fourth-order valence-electron chi connectivity index (χ4n) is 1.34. The molecule has 1 aromatic heterocycles. The van der Waals surface area contributed by atoms with Gasteiger partial charge in [0.1, 0.15) is 5.75 Å². The second-order valence-electron chi connectivity index (χ2n) is 2.68. The van der Waals surface area contributed by atoms with E-state index in [9.17, 15) is 5.11 Å². The van der Waals surface area contributed by atoms with Crippen molar-refractivity contribution in [2.24, 2.45) is 0 Å². The van der Waals surface area contributed by atoms with Gasteiger partial charge in [0, 0.05) is 11.5 Å². The van der Waals surface area contributed by atoms with E-state index in [-0.39, 0.29) is 5.75 Å². The maximum Gasteiger partial charge on any atom is 0.131 e. The Labute approximate surface area is 84.4 Å². The van der Waals surface area contributed by atoms with Crippen molar-refractivity contribution in [1.29, 1.82) is 0 Å². The number of thiophene rings is 1. The van der Waals surface area contributed by atoms with Crippen molar-refractivity contribution in [2.75, 3.05) is 12.0 Å². The van der Waals surface area contributed by atoms with Crippen LogP contribution in [0, 0.1) is 0 Å². The number of phenolic OH excluding ortho intramolecular Hbond substituents is 1. The van der Waals surface area contributed by atoms with Crippen molar-refractivity contribution >= 4 is 38.9 Å². The lowest BCUT2D eigenvalue weighted by molar-refractivity contribution is 0.464. The highest BCUT2D eigenvalue weighted by molar-refractivity contribution is 7.99. The fourth-order valence-corrected chi connectivity index (χ4v) is 2.90. The van der Waals surface area contributed by atoms with Crippen LogP contribution in [0.2, 0.25) is 0 Å². The van der Waals surface area contributed by atoms with Gasteiger partial charge in [-0.15, -0.1) is 23.1 Å². The van der Waals surface area contributed by atoms with E-state index >= 15 is 0 Å². The number of phenols is 1. The molecule has 2 aromatic rings. The summed E-state index contributed by atoms with van der Waals surface area (Å²) in [7, 11) is 0. The molecule has 3 N–H and O–H groups in total. The molecule has 0 aliphatic carbocycles. The molecule has 0 unspecified atom stereocenters. The summed E-state index contributed by atoms with van der Waals surface area (Å²) < 4.78 is 1.06. The van der Waals surface area contributed by atoms with Crippen LogP contribution in [0.3, 0.4) is 0 Å². The molecule has 0 radical (unpaired) electrons. The summed E-state index contributed by atoms with van der Waals surface area (Å²) >= 11 is 3.14. The maximum absolute atomic E-state index is 9.61. The molecule has 0 saturated heterocycles. The second-order valence-corrected chi connectivity index (χ2v) is 4.41. The zero-order chi connectivity index (χ0) is 9.42. The van der Waals surface area contributed by atoms with E-state index < -0.39 is 0 Å². The summed E-state index contributed by atoms with van der Waals surface area (Å²) in [4.78, 5) is 0.908. The largest absolute Gasteiger partial charge is 0.507 e. The zero-order valence-corrected chi connectivity index (χ0v) is 8.71. The highest BCUT2D eigenvalue weighted by Gasteiger charge is 2.09. The van der Waals surface area contributed by atoms with Gasteiger partial charge in [0.05, 0.1) is 15.3 Å². The van der Waals surface area contributed by atoms with Gasteiger partial charge in [0.2, 0.25) is 0 Å². The first-order valence-corrected chi connectivity index (χ1v) is 5.87. The van der Waals surface area contributed by atoms with Gasteiger partial charge in [0.15, 0.2) is 0 Å². The molecule has 4 heteroatoms. The fraction of sp³-hybridized carbons (Fsp3) is 0.111. The summed E-state index contributed by atoms with van der Waals surface area (Å²) in [6, 6.07) is 3.60. The van der Waals surface area contributed by atoms with Crippen LogP contribution < -0.4 is 5.73 Å². The van der Waals surface area contributed by atoms with Crippen LogP contribution in [0.15, 0.2) is 22.4 Å². The van der Waals surface area contributed by atoms with E-state index in [1.807, 2.05) is 17.7 Å². The SMILES string of the molecule is CSc1c(O)cc(N)c2sccc12. The number of anilines is 1. The van der Waals surface area contributed by atoms with E-state index in [0.717, 1.165) is 15.0 Å². The molecule has 0 amide bonds. The third kappa shape index (κ3) is 1.26. The summed E-state index contributed by atoms with van der Waals surface area (Å²) in [5.41, 5.74) is 6.42. The molecule has 0 bridgehead atoms. The van der Waals surface area contributed by atoms with E-state index in [0.29, 0.717) is 5.69 Å². The molecule has 1 heterocycles. The molecule has 0 spiro atoms. The Hall–Kier alpha value is -0.870. The second kappa shape index (κ2) is 3.12. The van der Waals surface area contributed by atoms with Crippen LogP contribution in [0.5, 0.6) is 5.75 Å². The van der Waals surface area contributed by atoms with Crippen LogP contribution in [-0.4, -0.2) is 11.4 Å². The Morgan fingerprint density at radius 2 is 2.31 bits per heavy atom. The average Bonchev–Trinajstić information content (AvgIpc) is 2.53. The summed E-state index contributed by atoms with van der Waals surface area (Å²) in [6.45, 7) is 0. The molecule has 2 nitrogen and oxygen atoms in total. The van der Waals surface area contributed by atoms with Gasteiger partial charge in [-0.25, -0.2) is 0 Å². The molecule has 0 aliphatic rings. The van der Waals surface area contributed by atoms with E-state index in [2.05, 4.69) is 0 Å². The topological polar surface area (TPSA) is 46.2 Å². The van der Waals surface area contributed by atoms with E-state index in [1.165, 1.54) is 11.8 Å². The number of benzene rings is 1. The summed E-state index contributed by atoms with van der Waals surface area (Å²) in [5, 5.41) is 12.6. The first-order valence-electron chi connectivity index (χ1n) is 3.76. The lowest BCUT2D eigenvalue weighted by atomic mass is 10.2. The van der Waals surface area contributed by atoms with Crippen molar-refractivity contribution < 1.29 is 5.11 Å². The number of nitrogens with two attached hydrogens (primary N) is 1. The van der Waals surface area contributed by atoms with Crippen LogP contribution >= 0.6 is 23.1 Å². The van der Waals surface area contributed by atoms with Gasteiger partial charge < -0.3 is 10.8 Å². The Kier molecular flexibility index (Phi) is 2.09. The minimum atomic E-state index is 0.274. The highest BCUT2D eigenvalue weighted by Crippen LogP contribution is 2.40. The number of hydrogen-bond donors (Lipinski definition) is 2. The Bertz CT molecular complexity index is 450. The van der Waals surface area contributed by atoms with Crippen molar-refractivity contribution in [3.63, 3.8) is 0 Å². The van der Waals surface area contributed by atoms with E-state index in [1.54, 1.807) is 17.4 Å². The minimum Gasteiger partial charge on any atom is -0.507 e. The lowest BCUT2D eigenvalue weighted by Crippen LogP contribution is -1.85. The number of nitrogen functional groups attached to an aromatic ring is 1. The van der Waals surface area contributed by atoms with Crippen LogP contribution in [-0.2, 0) is 0 Å². The van der Waals surface area contributed by atoms with Gasteiger partial charge in [-0.3, -0.25) is 0 Å². The molecule has 68 valence electrons. The van der Waals surface area contributed by atoms with E-state index in [4.69, 9.17) is 5.73 Å². The highest BCUT2D eigenvalue weighted by atomic mass is 32.2. The summed E-state index contributed by atoms with van der Waals surface area (Å²) in [5.74, 6) is 0.274. The van der Waals surface area contributed by atoms with Gasteiger partial charge in [-0.2, -0.15) is 0 Å². The third-order valence-corrected chi connectivity index (χ3v) is 3.70. The van der Waals surface area contributed by atoms with Crippen LogP contribution in [0.25, 0.3) is 10.1 Å². The minimum absolute atomic E-state index is 0.274. The molecule has 0 saturated carbocycles. The normalized spacial score (nSPS) is 10.8. The molecule has 0 fully saturated rings. The van der Waals surface area contributed by atoms with Crippen LogP contribution in [0.4, 0.5) is 5.69 Å². The number of fused-ring (bicyclic) bond motifs is 1. The van der Waals surface area contributed by atoms with Gasteiger partial charge in [-0.1, -0.05) is 0 Å². The summed E-state index contributed by atoms with van der Waals surface area (Å²) in [6.07, 6.45) is 1.95. The number of hydrogen-bond acceptors (Lipinski definition) is 4.